The number of nitro groups is 2. The predicted molar refractivity (Wildman–Crippen MR) is 99.8 cm³/mol. The molecule has 0 aromatic heterocycles. The van der Waals surface area contributed by atoms with Crippen molar-refractivity contribution in [1.82, 2.24) is 0 Å². The molecule has 2 aromatic rings. The number of carbonyl (C=O) groups excluding carboxylic acids is 2. The van der Waals surface area contributed by atoms with Gasteiger partial charge in [-0.2, -0.15) is 4.39 Å². The lowest BCUT2D eigenvalue weighted by atomic mass is 10.2. The number of rotatable bonds is 7. The number of nitrogens with zero attached hydrogens (tertiary/aromatic N) is 2. The fourth-order valence-electron chi connectivity index (χ4n) is 2.05. The molecule has 0 fully saturated rings. The van der Waals surface area contributed by atoms with E-state index in [4.69, 9.17) is 16.3 Å². The van der Waals surface area contributed by atoms with Crippen molar-refractivity contribution < 1.29 is 28.6 Å². The van der Waals surface area contributed by atoms with E-state index in [2.05, 4.69) is 5.32 Å². The standard InChI is InChI=1S/C17H11ClFN3O7/c18-12-4-1-10(7-14(12)21(25)26)2-6-17(24)29-9-16(23)20-11-3-5-13(19)15(8-11)22(27)28/h1-8H,9H2,(H,20,23)/b6-2+. The van der Waals surface area contributed by atoms with Gasteiger partial charge in [-0.05, 0) is 29.8 Å². The molecule has 29 heavy (non-hydrogen) atoms. The van der Waals surface area contributed by atoms with Crippen LogP contribution in [0.5, 0.6) is 0 Å². The molecule has 0 spiro atoms. The van der Waals surface area contributed by atoms with E-state index in [9.17, 15) is 34.2 Å². The Morgan fingerprint density at radius 3 is 2.45 bits per heavy atom. The van der Waals surface area contributed by atoms with Gasteiger partial charge in [-0.25, -0.2) is 4.79 Å². The Labute approximate surface area is 166 Å². The van der Waals surface area contributed by atoms with Gasteiger partial charge in [0.25, 0.3) is 11.6 Å². The Morgan fingerprint density at radius 2 is 1.79 bits per heavy atom. The van der Waals surface area contributed by atoms with Crippen LogP contribution in [0.3, 0.4) is 0 Å². The van der Waals surface area contributed by atoms with Gasteiger partial charge in [0.15, 0.2) is 6.61 Å². The quantitative estimate of drug-likeness (QED) is 0.311. The normalized spacial score (nSPS) is 10.6. The molecule has 1 N–H and O–H groups in total. The van der Waals surface area contributed by atoms with Crippen LogP contribution in [0.2, 0.25) is 5.02 Å². The molecule has 0 aliphatic carbocycles. The lowest BCUT2D eigenvalue weighted by molar-refractivity contribution is -0.387. The Kier molecular flexibility index (Phi) is 6.93. The lowest BCUT2D eigenvalue weighted by Crippen LogP contribution is -2.20. The predicted octanol–water partition coefficient (Wildman–Crippen LogP) is 3.49. The summed E-state index contributed by atoms with van der Waals surface area (Å²) in [6, 6.07) is 6.62. The smallest absolute Gasteiger partial charge is 0.331 e. The van der Waals surface area contributed by atoms with E-state index >= 15 is 0 Å². The molecule has 150 valence electrons. The van der Waals surface area contributed by atoms with Gasteiger partial charge in [-0.1, -0.05) is 17.7 Å². The van der Waals surface area contributed by atoms with Crippen LogP contribution in [-0.4, -0.2) is 28.3 Å². The molecule has 2 aromatic carbocycles. The molecule has 0 aliphatic heterocycles. The second-order valence-corrected chi connectivity index (χ2v) is 5.79. The summed E-state index contributed by atoms with van der Waals surface area (Å²) in [7, 11) is 0. The van der Waals surface area contributed by atoms with Crippen LogP contribution in [-0.2, 0) is 14.3 Å². The van der Waals surface area contributed by atoms with Gasteiger partial charge in [0, 0.05) is 23.9 Å². The monoisotopic (exact) mass is 423 g/mol. The summed E-state index contributed by atoms with van der Waals surface area (Å²) in [5, 5.41) is 23.6. The number of anilines is 1. The molecule has 10 nitrogen and oxygen atoms in total. The molecule has 0 unspecified atom stereocenters. The summed E-state index contributed by atoms with van der Waals surface area (Å²) in [6.45, 7) is -0.713. The largest absolute Gasteiger partial charge is 0.452 e. The Hall–Kier alpha value is -3.86. The van der Waals surface area contributed by atoms with E-state index in [1.54, 1.807) is 0 Å². The maximum atomic E-state index is 13.3. The molecule has 1 amide bonds. The summed E-state index contributed by atoms with van der Waals surface area (Å²) in [5.41, 5.74) is -0.904. The fourth-order valence-corrected chi connectivity index (χ4v) is 2.24. The number of hydrogen-bond donors (Lipinski definition) is 1. The zero-order valence-electron chi connectivity index (χ0n) is 14.3. The van der Waals surface area contributed by atoms with Crippen LogP contribution >= 0.6 is 11.6 Å². The Balaban J connectivity index is 1.92. The third-order valence-corrected chi connectivity index (χ3v) is 3.67. The molecule has 12 heteroatoms. The van der Waals surface area contributed by atoms with E-state index in [1.807, 2.05) is 0 Å². The van der Waals surface area contributed by atoms with Crippen molar-refractivity contribution in [2.75, 3.05) is 11.9 Å². The first-order valence-corrected chi connectivity index (χ1v) is 8.07. The van der Waals surface area contributed by atoms with Gasteiger partial charge in [-0.3, -0.25) is 25.0 Å². The van der Waals surface area contributed by atoms with Crippen LogP contribution in [0.1, 0.15) is 5.56 Å². The molecule has 0 bridgehead atoms. The van der Waals surface area contributed by atoms with Crippen molar-refractivity contribution in [3.63, 3.8) is 0 Å². The highest BCUT2D eigenvalue weighted by Gasteiger charge is 2.16. The van der Waals surface area contributed by atoms with Gasteiger partial charge in [-0.15, -0.1) is 0 Å². The second-order valence-electron chi connectivity index (χ2n) is 5.38. The summed E-state index contributed by atoms with van der Waals surface area (Å²) in [4.78, 5) is 43.3. The van der Waals surface area contributed by atoms with E-state index in [0.717, 1.165) is 30.3 Å². The summed E-state index contributed by atoms with van der Waals surface area (Å²) in [5.74, 6) is -2.79. The van der Waals surface area contributed by atoms with Crippen LogP contribution < -0.4 is 5.32 Å². The number of halogens is 2. The fraction of sp³-hybridized carbons (Fsp3) is 0.0588. The molecule has 0 radical (unpaired) electrons. The lowest BCUT2D eigenvalue weighted by Gasteiger charge is -2.05. The topological polar surface area (TPSA) is 142 Å². The molecular formula is C17H11ClFN3O7. The van der Waals surface area contributed by atoms with Gasteiger partial charge in [0.05, 0.1) is 9.85 Å². The number of carbonyl (C=O) groups is 2. The maximum absolute atomic E-state index is 13.3. The number of amides is 1. The zero-order valence-corrected chi connectivity index (χ0v) is 15.1. The van der Waals surface area contributed by atoms with E-state index in [0.29, 0.717) is 5.56 Å². The van der Waals surface area contributed by atoms with Crippen LogP contribution in [0.25, 0.3) is 6.08 Å². The number of nitro benzene ring substituents is 2. The minimum atomic E-state index is -1.06. The summed E-state index contributed by atoms with van der Waals surface area (Å²) < 4.78 is 17.9. The van der Waals surface area contributed by atoms with Crippen molar-refractivity contribution in [3.05, 3.63) is 79.1 Å². The molecule has 2 rings (SSSR count). The minimum absolute atomic E-state index is 0.0526. The number of nitrogens with one attached hydrogen (secondary N) is 1. The van der Waals surface area contributed by atoms with E-state index < -0.39 is 39.8 Å². The molecule has 0 aliphatic rings. The summed E-state index contributed by atoms with van der Waals surface area (Å²) in [6.07, 6.45) is 2.18. The van der Waals surface area contributed by atoms with Crippen molar-refractivity contribution in [2.24, 2.45) is 0 Å². The number of hydrogen-bond acceptors (Lipinski definition) is 7. The third-order valence-electron chi connectivity index (χ3n) is 3.35. The molecular weight excluding hydrogens is 413 g/mol. The van der Waals surface area contributed by atoms with Gasteiger partial charge >= 0.3 is 11.7 Å². The van der Waals surface area contributed by atoms with Gasteiger partial charge < -0.3 is 10.1 Å². The average molecular weight is 424 g/mol. The first kappa shape index (κ1) is 21.4. The Bertz CT molecular complexity index is 1030. The van der Waals surface area contributed by atoms with Crippen molar-refractivity contribution >= 4 is 46.6 Å². The average Bonchev–Trinajstić information content (AvgIpc) is 2.66. The van der Waals surface area contributed by atoms with Crippen LogP contribution in [0.4, 0.5) is 21.5 Å². The molecule has 0 saturated carbocycles. The van der Waals surface area contributed by atoms with Crippen LogP contribution in [0.15, 0.2) is 42.5 Å². The second kappa shape index (κ2) is 9.37. The van der Waals surface area contributed by atoms with Crippen molar-refractivity contribution in [3.8, 4) is 0 Å². The minimum Gasteiger partial charge on any atom is -0.452 e. The molecule has 0 saturated heterocycles. The highest BCUT2D eigenvalue weighted by Crippen LogP contribution is 2.25. The molecule has 0 atom stereocenters. The Morgan fingerprint density at radius 1 is 1.10 bits per heavy atom. The van der Waals surface area contributed by atoms with Crippen molar-refractivity contribution in [2.45, 2.75) is 0 Å². The number of benzene rings is 2. The van der Waals surface area contributed by atoms with Gasteiger partial charge in [0.2, 0.25) is 5.82 Å². The highest BCUT2D eigenvalue weighted by molar-refractivity contribution is 6.32. The maximum Gasteiger partial charge on any atom is 0.331 e. The zero-order chi connectivity index (χ0) is 21.6. The number of ether oxygens (including phenoxy) is 1. The van der Waals surface area contributed by atoms with Crippen LogP contribution in [0, 0.1) is 26.0 Å². The number of esters is 1. The third kappa shape index (κ3) is 6.07. The van der Waals surface area contributed by atoms with E-state index in [-0.39, 0.29) is 16.4 Å². The van der Waals surface area contributed by atoms with Gasteiger partial charge in [0.1, 0.15) is 5.02 Å². The highest BCUT2D eigenvalue weighted by atomic mass is 35.5. The van der Waals surface area contributed by atoms with E-state index in [1.165, 1.54) is 18.2 Å². The SMILES string of the molecule is O=C(COC(=O)/C=C/c1ccc(Cl)c([N+](=O)[O-])c1)Nc1ccc(F)c([N+](=O)[O-])c1. The molecule has 0 heterocycles. The first-order valence-electron chi connectivity index (χ1n) is 7.70. The summed E-state index contributed by atoms with van der Waals surface area (Å²) >= 11 is 5.68. The first-order chi connectivity index (χ1) is 13.7. The van der Waals surface area contributed by atoms with Crippen molar-refractivity contribution in [1.29, 1.82) is 0 Å².